The van der Waals surface area contributed by atoms with Crippen molar-refractivity contribution in [1.29, 1.82) is 0 Å². The fraction of sp³-hybridized carbons (Fsp3) is 0.385. The van der Waals surface area contributed by atoms with E-state index in [0.29, 0.717) is 11.8 Å². The van der Waals surface area contributed by atoms with Crippen LogP contribution in [-0.4, -0.2) is 48.9 Å². The Hall–Kier alpha value is -4.10. The molecule has 3 N–H and O–H groups in total. The monoisotopic (exact) mass is 575 g/mol. The third-order valence-corrected chi connectivity index (χ3v) is 5.74. The van der Waals surface area contributed by atoms with Crippen molar-refractivity contribution in [3.05, 3.63) is 65.5 Å². The second-order valence-corrected chi connectivity index (χ2v) is 9.09. The summed E-state index contributed by atoms with van der Waals surface area (Å²) in [5.41, 5.74) is -0.931. The van der Waals surface area contributed by atoms with Crippen molar-refractivity contribution in [2.45, 2.75) is 51.0 Å². The van der Waals surface area contributed by atoms with Crippen LogP contribution in [-0.2, 0) is 25.1 Å². The highest BCUT2D eigenvalue weighted by Crippen LogP contribution is 2.29. The Bertz CT molecular complexity index is 1230. The van der Waals surface area contributed by atoms with Gasteiger partial charge in [0.2, 0.25) is 11.8 Å². The Kier molecular flexibility index (Phi) is 10.3. The number of amides is 3. The first-order chi connectivity index (χ1) is 18.5. The Labute approximate surface area is 225 Å². The van der Waals surface area contributed by atoms with Gasteiger partial charge in [-0.15, -0.1) is 0 Å². The molecule has 2 aromatic rings. The normalized spacial score (nSPS) is 14.1. The Morgan fingerprint density at radius 3 is 1.93 bits per heavy atom. The predicted octanol–water partition coefficient (Wildman–Crippen LogP) is 3.56. The summed E-state index contributed by atoms with van der Waals surface area (Å²) in [6, 6.07) is 3.11. The predicted molar refractivity (Wildman–Crippen MR) is 130 cm³/mol. The molecule has 0 aliphatic rings. The van der Waals surface area contributed by atoms with Crippen molar-refractivity contribution in [2.75, 3.05) is 7.11 Å². The number of nitrogens with one attached hydrogen (secondary N) is 3. The van der Waals surface area contributed by atoms with Crippen LogP contribution >= 0.6 is 0 Å². The summed E-state index contributed by atoms with van der Waals surface area (Å²) in [6.45, 7) is 3.56. The van der Waals surface area contributed by atoms with Gasteiger partial charge in [0, 0.05) is 5.56 Å². The smallest absolute Gasteiger partial charge is 0.452 e. The number of benzene rings is 2. The molecule has 0 radical (unpaired) electrons. The van der Waals surface area contributed by atoms with E-state index in [9.17, 15) is 45.5 Å². The number of hydrogen-bond acceptors (Lipinski definition) is 5. The number of carbonyl (C=O) groups is 4. The van der Waals surface area contributed by atoms with E-state index >= 15 is 0 Å². The number of ketones is 1. The van der Waals surface area contributed by atoms with E-state index in [-0.39, 0.29) is 5.56 Å². The SMILES string of the molecule is COc1ccc(C(NC(=O)C(C)NC(=O)C(F)(F)c2cccc(F)c2)C(=O)NC(C(=O)C(F)(F)F)C(C)C)cc1. The molecule has 0 spiro atoms. The molecule has 2 rings (SSSR count). The largest absolute Gasteiger partial charge is 0.497 e. The summed E-state index contributed by atoms with van der Waals surface area (Å²) in [6.07, 6.45) is -5.26. The van der Waals surface area contributed by atoms with Crippen molar-refractivity contribution in [2.24, 2.45) is 5.92 Å². The number of rotatable bonds is 11. The van der Waals surface area contributed by atoms with Crippen LogP contribution in [0.15, 0.2) is 48.5 Å². The lowest BCUT2D eigenvalue weighted by molar-refractivity contribution is -0.175. The van der Waals surface area contributed by atoms with Crippen LogP contribution in [0, 0.1) is 11.7 Å². The second-order valence-electron chi connectivity index (χ2n) is 9.09. The molecule has 3 atom stereocenters. The van der Waals surface area contributed by atoms with E-state index in [2.05, 4.69) is 5.32 Å². The summed E-state index contributed by atoms with van der Waals surface area (Å²) >= 11 is 0. The molecule has 0 heterocycles. The molecular weight excluding hydrogens is 548 g/mol. The first-order valence-electron chi connectivity index (χ1n) is 11.8. The van der Waals surface area contributed by atoms with E-state index in [1.165, 1.54) is 45.2 Å². The lowest BCUT2D eigenvalue weighted by Crippen LogP contribution is -2.55. The third kappa shape index (κ3) is 7.96. The first-order valence-corrected chi connectivity index (χ1v) is 11.8. The molecule has 0 aliphatic carbocycles. The van der Waals surface area contributed by atoms with Crippen LogP contribution < -0.4 is 20.7 Å². The molecule has 0 saturated heterocycles. The van der Waals surface area contributed by atoms with Crippen molar-refractivity contribution in [3.8, 4) is 5.75 Å². The summed E-state index contributed by atoms with van der Waals surface area (Å²) < 4.78 is 86.8. The molecule has 40 heavy (non-hydrogen) atoms. The van der Waals surface area contributed by atoms with Crippen molar-refractivity contribution in [1.82, 2.24) is 16.0 Å². The van der Waals surface area contributed by atoms with Gasteiger partial charge in [-0.25, -0.2) is 4.39 Å². The third-order valence-electron chi connectivity index (χ3n) is 5.74. The number of ether oxygens (including phenoxy) is 1. The molecule has 218 valence electrons. The van der Waals surface area contributed by atoms with Crippen LogP contribution in [0.25, 0.3) is 0 Å². The van der Waals surface area contributed by atoms with Gasteiger partial charge in [-0.1, -0.05) is 38.1 Å². The topological polar surface area (TPSA) is 114 Å². The number of methoxy groups -OCH3 is 1. The highest BCUT2D eigenvalue weighted by atomic mass is 19.4. The van der Waals surface area contributed by atoms with Gasteiger partial charge in [0.1, 0.15) is 23.7 Å². The molecular formula is C26H27F6N3O5. The van der Waals surface area contributed by atoms with Crippen LogP contribution in [0.4, 0.5) is 26.3 Å². The lowest BCUT2D eigenvalue weighted by atomic mass is 9.97. The van der Waals surface area contributed by atoms with Crippen LogP contribution in [0.5, 0.6) is 5.75 Å². The highest BCUT2D eigenvalue weighted by Gasteiger charge is 2.46. The van der Waals surface area contributed by atoms with Crippen LogP contribution in [0.1, 0.15) is 37.9 Å². The van der Waals surface area contributed by atoms with Gasteiger partial charge in [0.05, 0.1) is 13.2 Å². The lowest BCUT2D eigenvalue weighted by Gasteiger charge is -2.27. The average molecular weight is 576 g/mol. The molecule has 3 amide bonds. The van der Waals surface area contributed by atoms with Crippen LogP contribution in [0.3, 0.4) is 0 Å². The van der Waals surface area contributed by atoms with Crippen molar-refractivity contribution >= 4 is 23.5 Å². The maximum atomic E-state index is 14.6. The van der Waals surface area contributed by atoms with Crippen molar-refractivity contribution < 1.29 is 50.3 Å². The van der Waals surface area contributed by atoms with Gasteiger partial charge >= 0.3 is 12.1 Å². The average Bonchev–Trinajstić information content (AvgIpc) is 2.88. The minimum absolute atomic E-state index is 0.0391. The van der Waals surface area contributed by atoms with Gasteiger partial charge in [-0.3, -0.25) is 19.2 Å². The van der Waals surface area contributed by atoms with Gasteiger partial charge in [0.25, 0.3) is 11.7 Å². The minimum Gasteiger partial charge on any atom is -0.497 e. The number of halogens is 6. The fourth-order valence-electron chi connectivity index (χ4n) is 3.48. The number of hydrogen-bond donors (Lipinski definition) is 3. The van der Waals surface area contributed by atoms with E-state index < -0.39 is 71.0 Å². The van der Waals surface area contributed by atoms with Crippen LogP contribution in [0.2, 0.25) is 0 Å². The Balaban J connectivity index is 2.29. The Morgan fingerprint density at radius 1 is 0.825 bits per heavy atom. The Morgan fingerprint density at radius 2 is 1.43 bits per heavy atom. The van der Waals surface area contributed by atoms with Gasteiger partial charge in [0.15, 0.2) is 0 Å². The minimum atomic E-state index is -5.26. The number of alkyl halides is 5. The zero-order valence-corrected chi connectivity index (χ0v) is 21.7. The number of Topliss-reactive ketones (excluding diaryl/α,β-unsaturated/α-hetero) is 1. The molecule has 0 aromatic heterocycles. The highest BCUT2D eigenvalue weighted by molar-refractivity contribution is 5.97. The molecule has 2 aromatic carbocycles. The zero-order valence-electron chi connectivity index (χ0n) is 21.7. The molecule has 0 bridgehead atoms. The zero-order chi connectivity index (χ0) is 30.4. The fourth-order valence-corrected chi connectivity index (χ4v) is 3.48. The summed E-state index contributed by atoms with van der Waals surface area (Å²) in [5, 5.41) is 5.95. The maximum absolute atomic E-state index is 14.6. The van der Waals surface area contributed by atoms with E-state index in [4.69, 9.17) is 4.74 Å². The molecule has 0 aliphatic heterocycles. The van der Waals surface area contributed by atoms with E-state index in [0.717, 1.165) is 25.1 Å². The standard InChI is InChI=1S/C26H27F6N3O5/c1-13(2)19(21(36)26(30,31)32)34-23(38)20(15-8-10-18(40-4)11-9-15)35-22(37)14(3)33-24(39)25(28,29)16-6-5-7-17(27)12-16/h5-14,19-20H,1-4H3,(H,33,39)(H,34,38)(H,35,37). The molecule has 0 fully saturated rings. The second kappa shape index (κ2) is 12.8. The van der Waals surface area contributed by atoms with Gasteiger partial charge in [-0.2, -0.15) is 22.0 Å². The maximum Gasteiger partial charge on any atom is 0.452 e. The molecule has 14 heteroatoms. The summed E-state index contributed by atoms with van der Waals surface area (Å²) in [5.74, 6) is -12.4. The summed E-state index contributed by atoms with van der Waals surface area (Å²) in [7, 11) is 1.35. The summed E-state index contributed by atoms with van der Waals surface area (Å²) in [4.78, 5) is 50.0. The van der Waals surface area contributed by atoms with Crippen molar-refractivity contribution in [3.63, 3.8) is 0 Å². The quantitative estimate of drug-likeness (QED) is 0.355. The first kappa shape index (κ1) is 32.1. The molecule has 0 saturated carbocycles. The van der Waals surface area contributed by atoms with E-state index in [1.807, 2.05) is 5.32 Å². The van der Waals surface area contributed by atoms with Gasteiger partial charge in [-0.05, 0) is 42.7 Å². The number of carbonyl (C=O) groups excluding carboxylic acids is 4. The van der Waals surface area contributed by atoms with Gasteiger partial charge < -0.3 is 20.7 Å². The molecule has 8 nitrogen and oxygen atoms in total. The van der Waals surface area contributed by atoms with E-state index in [1.54, 1.807) is 5.32 Å². The molecule has 3 unspecified atom stereocenters.